The molecule has 1 aliphatic rings. The predicted molar refractivity (Wildman–Crippen MR) is 76.0 cm³/mol. The number of piperidine rings is 1. The molecule has 2 N–H and O–H groups in total. The highest BCUT2D eigenvalue weighted by molar-refractivity contribution is 7.08. The summed E-state index contributed by atoms with van der Waals surface area (Å²) in [7, 11) is 0. The van der Waals surface area contributed by atoms with E-state index in [2.05, 4.69) is 25.3 Å². The first-order valence-electron chi connectivity index (χ1n) is 6.59. The van der Waals surface area contributed by atoms with Crippen molar-refractivity contribution in [1.29, 1.82) is 0 Å². The number of anilines is 1. The van der Waals surface area contributed by atoms with Crippen molar-refractivity contribution in [1.82, 2.24) is 24.7 Å². The van der Waals surface area contributed by atoms with Gasteiger partial charge in [-0.1, -0.05) is 4.49 Å². The Morgan fingerprint density at radius 1 is 1.50 bits per heavy atom. The van der Waals surface area contributed by atoms with E-state index in [4.69, 9.17) is 0 Å². The molecule has 1 fully saturated rings. The quantitative estimate of drug-likeness (QED) is 0.888. The molecule has 0 unspecified atom stereocenters. The lowest BCUT2D eigenvalue weighted by Gasteiger charge is -2.22. The Morgan fingerprint density at radius 2 is 2.30 bits per heavy atom. The average Bonchev–Trinajstić information content (AvgIpc) is 3.09. The third-order valence-electron chi connectivity index (χ3n) is 3.40. The van der Waals surface area contributed by atoms with Crippen LogP contribution in [-0.4, -0.2) is 38.4 Å². The van der Waals surface area contributed by atoms with Crippen molar-refractivity contribution in [3.8, 4) is 0 Å². The number of rotatable bonds is 3. The number of nitrogens with one attached hydrogen (secondary N) is 2. The molecule has 0 radical (unpaired) electrons. The molecule has 3 heterocycles. The molecule has 3 rings (SSSR count). The van der Waals surface area contributed by atoms with E-state index in [-0.39, 0.29) is 5.91 Å². The maximum Gasteiger partial charge on any atom is 0.269 e. The SMILES string of the molecule is Cc1nnsc1C(=O)Nc1cnn(C2CCNCC2)c1. The lowest BCUT2D eigenvalue weighted by atomic mass is 10.1. The van der Waals surface area contributed by atoms with Gasteiger partial charge in [-0.15, -0.1) is 5.10 Å². The van der Waals surface area contributed by atoms with Gasteiger partial charge in [0.15, 0.2) is 0 Å². The van der Waals surface area contributed by atoms with Gasteiger partial charge in [-0.2, -0.15) is 5.10 Å². The zero-order valence-electron chi connectivity index (χ0n) is 11.2. The van der Waals surface area contributed by atoms with Crippen LogP contribution in [0, 0.1) is 6.92 Å². The molecule has 7 nitrogen and oxygen atoms in total. The van der Waals surface area contributed by atoms with Crippen LogP contribution in [0.1, 0.15) is 34.2 Å². The molecule has 106 valence electrons. The van der Waals surface area contributed by atoms with Gasteiger partial charge in [0, 0.05) is 6.20 Å². The van der Waals surface area contributed by atoms with Crippen LogP contribution in [0.25, 0.3) is 0 Å². The molecule has 1 aliphatic heterocycles. The molecule has 0 atom stereocenters. The summed E-state index contributed by atoms with van der Waals surface area (Å²) in [5.41, 5.74) is 1.36. The second-order valence-corrected chi connectivity index (χ2v) is 5.59. The first-order chi connectivity index (χ1) is 9.74. The molecule has 0 aromatic carbocycles. The maximum atomic E-state index is 12.1. The first-order valence-corrected chi connectivity index (χ1v) is 7.36. The van der Waals surface area contributed by atoms with Crippen LogP contribution in [0.15, 0.2) is 12.4 Å². The van der Waals surface area contributed by atoms with Crippen molar-refractivity contribution in [2.45, 2.75) is 25.8 Å². The monoisotopic (exact) mass is 292 g/mol. The summed E-state index contributed by atoms with van der Waals surface area (Å²) in [5.74, 6) is -0.178. The highest BCUT2D eigenvalue weighted by Crippen LogP contribution is 2.20. The third-order valence-corrected chi connectivity index (χ3v) is 4.23. The highest BCUT2D eigenvalue weighted by atomic mass is 32.1. The van der Waals surface area contributed by atoms with Crippen LogP contribution in [0.2, 0.25) is 0 Å². The number of carbonyl (C=O) groups is 1. The molecule has 1 saturated heterocycles. The summed E-state index contributed by atoms with van der Waals surface area (Å²) >= 11 is 1.10. The van der Waals surface area contributed by atoms with Crippen molar-refractivity contribution in [3.05, 3.63) is 23.0 Å². The average molecular weight is 292 g/mol. The third kappa shape index (κ3) is 2.70. The number of hydrogen-bond donors (Lipinski definition) is 2. The Kier molecular flexibility index (Phi) is 3.75. The molecule has 0 bridgehead atoms. The second kappa shape index (κ2) is 5.68. The van der Waals surface area contributed by atoms with Crippen LogP contribution < -0.4 is 10.6 Å². The molecule has 2 aromatic heterocycles. The summed E-state index contributed by atoms with van der Waals surface area (Å²) < 4.78 is 5.70. The van der Waals surface area contributed by atoms with Gasteiger partial charge in [-0.05, 0) is 44.4 Å². The minimum absolute atomic E-state index is 0.178. The molecule has 0 spiro atoms. The Bertz CT molecular complexity index is 601. The summed E-state index contributed by atoms with van der Waals surface area (Å²) in [4.78, 5) is 12.6. The van der Waals surface area contributed by atoms with E-state index in [1.54, 1.807) is 13.1 Å². The van der Waals surface area contributed by atoms with Crippen LogP contribution in [0.5, 0.6) is 0 Å². The number of aromatic nitrogens is 4. The zero-order chi connectivity index (χ0) is 13.9. The van der Waals surface area contributed by atoms with E-state index in [1.165, 1.54) is 0 Å². The summed E-state index contributed by atoms with van der Waals surface area (Å²) in [6.07, 6.45) is 5.70. The summed E-state index contributed by atoms with van der Waals surface area (Å²) in [6.45, 7) is 3.80. The lowest BCUT2D eigenvalue weighted by molar-refractivity contribution is 0.103. The van der Waals surface area contributed by atoms with Crippen LogP contribution >= 0.6 is 11.5 Å². The number of carbonyl (C=O) groups excluding carboxylic acids is 1. The minimum Gasteiger partial charge on any atom is -0.318 e. The van der Waals surface area contributed by atoms with E-state index in [0.717, 1.165) is 37.5 Å². The Hall–Kier alpha value is -1.80. The fraction of sp³-hybridized carbons (Fsp3) is 0.500. The minimum atomic E-state index is -0.178. The van der Waals surface area contributed by atoms with Gasteiger partial charge >= 0.3 is 0 Å². The van der Waals surface area contributed by atoms with Gasteiger partial charge in [0.25, 0.3) is 5.91 Å². The van der Waals surface area contributed by atoms with Gasteiger partial charge in [-0.3, -0.25) is 9.48 Å². The fourth-order valence-corrected chi connectivity index (χ4v) is 2.85. The highest BCUT2D eigenvalue weighted by Gasteiger charge is 2.17. The molecule has 20 heavy (non-hydrogen) atoms. The van der Waals surface area contributed by atoms with E-state index in [9.17, 15) is 4.79 Å². The van der Waals surface area contributed by atoms with E-state index < -0.39 is 0 Å². The normalized spacial score (nSPS) is 16.2. The maximum absolute atomic E-state index is 12.1. The second-order valence-electron chi connectivity index (χ2n) is 4.83. The van der Waals surface area contributed by atoms with Crippen LogP contribution in [-0.2, 0) is 0 Å². The van der Waals surface area contributed by atoms with Crippen molar-refractivity contribution >= 4 is 23.1 Å². The molecule has 0 aliphatic carbocycles. The summed E-state index contributed by atoms with van der Waals surface area (Å²) in [6, 6.07) is 0.411. The van der Waals surface area contributed by atoms with Gasteiger partial charge < -0.3 is 10.6 Å². The smallest absolute Gasteiger partial charge is 0.269 e. The molecular formula is C12H16N6OS. The number of aryl methyl sites for hydroxylation is 1. The molecule has 1 amide bonds. The Morgan fingerprint density at radius 3 is 3.00 bits per heavy atom. The Labute approximate surface area is 120 Å². The van der Waals surface area contributed by atoms with Crippen molar-refractivity contribution in [2.75, 3.05) is 18.4 Å². The fourth-order valence-electron chi connectivity index (χ4n) is 2.30. The predicted octanol–water partition coefficient (Wildman–Crippen LogP) is 1.22. The van der Waals surface area contributed by atoms with E-state index in [1.807, 2.05) is 10.9 Å². The number of nitrogens with zero attached hydrogens (tertiary/aromatic N) is 4. The van der Waals surface area contributed by atoms with Crippen molar-refractivity contribution < 1.29 is 4.79 Å². The van der Waals surface area contributed by atoms with Crippen molar-refractivity contribution in [3.63, 3.8) is 0 Å². The van der Waals surface area contributed by atoms with E-state index in [0.29, 0.717) is 22.3 Å². The first kappa shape index (κ1) is 13.2. The number of hydrogen-bond acceptors (Lipinski definition) is 6. The van der Waals surface area contributed by atoms with Gasteiger partial charge in [-0.25, -0.2) is 0 Å². The standard InChI is InChI=1S/C12H16N6OS/c1-8-11(20-17-16-8)12(19)15-9-6-14-18(7-9)10-2-4-13-5-3-10/h6-7,10,13H,2-5H2,1H3,(H,15,19). The van der Waals surface area contributed by atoms with Crippen LogP contribution in [0.4, 0.5) is 5.69 Å². The van der Waals surface area contributed by atoms with E-state index >= 15 is 0 Å². The summed E-state index contributed by atoms with van der Waals surface area (Å²) in [5, 5.41) is 14.3. The van der Waals surface area contributed by atoms with Gasteiger partial charge in [0.05, 0.1) is 23.6 Å². The molecule has 8 heteroatoms. The molecule has 0 saturated carbocycles. The van der Waals surface area contributed by atoms with Gasteiger partial charge in [0.2, 0.25) is 0 Å². The van der Waals surface area contributed by atoms with Gasteiger partial charge in [0.1, 0.15) is 4.88 Å². The van der Waals surface area contributed by atoms with Crippen LogP contribution in [0.3, 0.4) is 0 Å². The topological polar surface area (TPSA) is 84.7 Å². The molecular weight excluding hydrogens is 276 g/mol. The largest absolute Gasteiger partial charge is 0.318 e. The lowest BCUT2D eigenvalue weighted by Crippen LogP contribution is -2.29. The number of amides is 1. The van der Waals surface area contributed by atoms with Crippen molar-refractivity contribution in [2.24, 2.45) is 0 Å². The Balaban J connectivity index is 1.68. The zero-order valence-corrected chi connectivity index (χ0v) is 12.0. The molecule has 2 aromatic rings.